The van der Waals surface area contributed by atoms with Gasteiger partial charge in [-0.2, -0.15) is 0 Å². The highest BCUT2D eigenvalue weighted by Crippen LogP contribution is 2.41. The summed E-state index contributed by atoms with van der Waals surface area (Å²) in [4.78, 5) is 21.3. The molecule has 8 nitrogen and oxygen atoms in total. The molecule has 3 aromatic rings. The first kappa shape index (κ1) is 32.6. The van der Waals surface area contributed by atoms with Crippen molar-refractivity contribution in [2.75, 3.05) is 19.6 Å². The van der Waals surface area contributed by atoms with E-state index in [0.29, 0.717) is 37.7 Å². The Balaban J connectivity index is 1.74. The van der Waals surface area contributed by atoms with Gasteiger partial charge in [0.05, 0.1) is 11.7 Å². The van der Waals surface area contributed by atoms with Crippen LogP contribution in [0.2, 0.25) is 0 Å². The van der Waals surface area contributed by atoms with Crippen LogP contribution in [0.25, 0.3) is 11.3 Å². The number of benzene rings is 2. The maximum Gasteiger partial charge on any atom is 0.410 e. The van der Waals surface area contributed by atoms with Gasteiger partial charge in [0.25, 0.3) is 0 Å². The van der Waals surface area contributed by atoms with Crippen molar-refractivity contribution in [1.29, 1.82) is 0 Å². The summed E-state index contributed by atoms with van der Waals surface area (Å²) >= 11 is 0. The number of carbonyl (C=O) groups is 1. The van der Waals surface area contributed by atoms with Crippen molar-refractivity contribution >= 4 is 6.09 Å². The van der Waals surface area contributed by atoms with E-state index in [0.717, 1.165) is 23.8 Å². The quantitative estimate of drug-likeness (QED) is 0.319. The van der Waals surface area contributed by atoms with Crippen LogP contribution >= 0.6 is 0 Å². The molecule has 0 saturated carbocycles. The molecule has 1 aromatic heterocycles. The van der Waals surface area contributed by atoms with E-state index in [1.54, 1.807) is 18.0 Å². The summed E-state index contributed by atoms with van der Waals surface area (Å²) in [6, 6.07) is 12.4. The number of halogens is 2. The molecule has 1 saturated heterocycles. The Bertz CT molecular complexity index is 1400. The summed E-state index contributed by atoms with van der Waals surface area (Å²) in [7, 11) is 0. The van der Waals surface area contributed by atoms with Gasteiger partial charge in [0.1, 0.15) is 29.3 Å². The number of ether oxygens (including phenoxy) is 1. The number of aliphatic hydroxyl groups excluding tert-OH is 1. The number of nitrogens with two attached hydrogens (primary N) is 1. The average molecular weight is 598 g/mol. The lowest BCUT2D eigenvalue weighted by Crippen LogP contribution is -2.48. The van der Waals surface area contributed by atoms with E-state index in [2.05, 4.69) is 20.8 Å². The second-order valence-corrected chi connectivity index (χ2v) is 13.6. The Kier molecular flexibility index (Phi) is 9.63. The van der Waals surface area contributed by atoms with E-state index < -0.39 is 41.0 Å². The van der Waals surface area contributed by atoms with E-state index in [1.807, 2.05) is 60.6 Å². The second-order valence-electron chi connectivity index (χ2n) is 13.6. The molecule has 1 aliphatic heterocycles. The minimum absolute atomic E-state index is 0.0649. The van der Waals surface area contributed by atoms with E-state index in [4.69, 9.17) is 15.5 Å². The molecule has 0 aliphatic carbocycles. The standard InChI is InChI=1S/C33H45F2N5O3/c1-21(41)40(18-23-17-39(19-27(23)36)31(42)43-33(5,6)7)29(32(2,3)4)30-37-28(25-15-24(34)13-14-26(25)35)20-38(30)16-22-11-9-8-10-12-22/h8-15,20-21,23,27,29,41H,16-19,36H2,1-7H3/t21?,23?,27?,29-/m0/s1. The Morgan fingerprint density at radius 1 is 1.12 bits per heavy atom. The first-order chi connectivity index (χ1) is 20.0. The first-order valence-electron chi connectivity index (χ1n) is 14.8. The van der Waals surface area contributed by atoms with Gasteiger partial charge in [0, 0.05) is 49.9 Å². The van der Waals surface area contributed by atoms with Crippen LogP contribution in [-0.2, 0) is 11.3 Å². The maximum atomic E-state index is 14.9. The summed E-state index contributed by atoms with van der Waals surface area (Å²) in [5.74, 6) is -0.675. The van der Waals surface area contributed by atoms with Crippen molar-refractivity contribution in [3.8, 4) is 11.3 Å². The van der Waals surface area contributed by atoms with Crippen LogP contribution in [0.1, 0.15) is 65.9 Å². The van der Waals surface area contributed by atoms with Gasteiger partial charge in [-0.3, -0.25) is 4.90 Å². The first-order valence-corrected chi connectivity index (χ1v) is 14.8. The van der Waals surface area contributed by atoms with Gasteiger partial charge in [-0.15, -0.1) is 0 Å². The third kappa shape index (κ3) is 7.99. The molecule has 1 amide bonds. The Labute approximate surface area is 253 Å². The SMILES string of the molecule is CC(O)N(CC1CN(C(=O)OC(C)(C)C)CC1N)[C@@H](c1nc(-c2cc(F)ccc2F)cn1Cc1ccccc1)C(C)(C)C. The highest BCUT2D eigenvalue weighted by Gasteiger charge is 2.42. The molecular weight excluding hydrogens is 552 g/mol. The molecule has 2 aromatic carbocycles. The lowest BCUT2D eigenvalue weighted by atomic mass is 9.84. The van der Waals surface area contributed by atoms with Crippen molar-refractivity contribution in [3.05, 3.63) is 77.8 Å². The van der Waals surface area contributed by atoms with E-state index >= 15 is 0 Å². The fourth-order valence-corrected chi connectivity index (χ4v) is 5.72. The Morgan fingerprint density at radius 3 is 2.40 bits per heavy atom. The van der Waals surface area contributed by atoms with Crippen LogP contribution in [0.3, 0.4) is 0 Å². The molecule has 0 spiro atoms. The lowest BCUT2D eigenvalue weighted by Gasteiger charge is -2.43. The molecule has 4 atom stereocenters. The largest absolute Gasteiger partial charge is 0.444 e. The Hall–Kier alpha value is -3.34. The number of aliphatic hydroxyl groups is 1. The average Bonchev–Trinajstić information content (AvgIpc) is 3.47. The topological polar surface area (TPSA) is 96.8 Å². The summed E-state index contributed by atoms with van der Waals surface area (Å²) in [5, 5.41) is 11.2. The van der Waals surface area contributed by atoms with E-state index in [1.165, 1.54) is 0 Å². The molecular formula is C33H45F2N5O3. The number of carbonyl (C=O) groups excluding carboxylic acids is 1. The highest BCUT2D eigenvalue weighted by molar-refractivity contribution is 5.68. The molecule has 10 heteroatoms. The van der Waals surface area contributed by atoms with E-state index in [9.17, 15) is 18.7 Å². The minimum atomic E-state index is -0.900. The summed E-state index contributed by atoms with van der Waals surface area (Å²) in [6.07, 6.45) is 0.426. The third-order valence-corrected chi connectivity index (χ3v) is 7.67. The Morgan fingerprint density at radius 2 is 1.79 bits per heavy atom. The molecule has 4 rings (SSSR count). The third-order valence-electron chi connectivity index (χ3n) is 7.67. The van der Waals surface area contributed by atoms with Crippen molar-refractivity contribution in [2.45, 2.75) is 78.9 Å². The van der Waals surface area contributed by atoms with Gasteiger partial charge in [0.15, 0.2) is 0 Å². The van der Waals surface area contributed by atoms with Crippen molar-refractivity contribution in [2.24, 2.45) is 17.1 Å². The fraction of sp³-hybridized carbons (Fsp3) is 0.515. The van der Waals surface area contributed by atoms with Gasteiger partial charge >= 0.3 is 6.09 Å². The molecule has 234 valence electrons. The molecule has 43 heavy (non-hydrogen) atoms. The van der Waals surface area contributed by atoms with Crippen molar-refractivity contribution in [1.82, 2.24) is 19.4 Å². The molecule has 3 unspecified atom stereocenters. The van der Waals surface area contributed by atoms with Gasteiger partial charge < -0.3 is 25.0 Å². The van der Waals surface area contributed by atoms with Crippen molar-refractivity contribution < 1.29 is 23.4 Å². The number of nitrogens with zero attached hydrogens (tertiary/aromatic N) is 4. The smallest absolute Gasteiger partial charge is 0.410 e. The minimum Gasteiger partial charge on any atom is -0.444 e. The molecule has 0 radical (unpaired) electrons. The van der Waals surface area contributed by atoms with Crippen LogP contribution in [0, 0.1) is 23.0 Å². The van der Waals surface area contributed by atoms with Gasteiger partial charge in [-0.05, 0) is 56.9 Å². The van der Waals surface area contributed by atoms with Gasteiger partial charge in [-0.25, -0.2) is 18.6 Å². The number of aromatic nitrogens is 2. The predicted molar refractivity (Wildman–Crippen MR) is 163 cm³/mol. The van der Waals surface area contributed by atoms with Crippen LogP contribution in [-0.4, -0.2) is 68.1 Å². The summed E-state index contributed by atoms with van der Waals surface area (Å²) in [6.45, 7) is 14.9. The number of amides is 1. The number of likely N-dealkylation sites (tertiary alicyclic amines) is 1. The molecule has 1 fully saturated rings. The zero-order chi connectivity index (χ0) is 31.7. The fourth-order valence-electron chi connectivity index (χ4n) is 5.72. The normalized spacial score (nSPS) is 19.1. The van der Waals surface area contributed by atoms with Crippen molar-refractivity contribution in [3.63, 3.8) is 0 Å². The van der Waals surface area contributed by atoms with Gasteiger partial charge in [0.2, 0.25) is 0 Å². The highest BCUT2D eigenvalue weighted by atomic mass is 19.1. The molecule has 3 N–H and O–H groups in total. The summed E-state index contributed by atoms with van der Waals surface area (Å²) in [5.41, 5.74) is 6.85. The second kappa shape index (κ2) is 12.7. The van der Waals surface area contributed by atoms with Gasteiger partial charge in [-0.1, -0.05) is 51.1 Å². The monoisotopic (exact) mass is 597 g/mol. The molecule has 0 bridgehead atoms. The predicted octanol–water partition coefficient (Wildman–Crippen LogP) is 5.80. The molecule has 2 heterocycles. The lowest BCUT2D eigenvalue weighted by molar-refractivity contribution is -0.0583. The molecule has 1 aliphatic rings. The van der Waals surface area contributed by atoms with Crippen LogP contribution in [0.5, 0.6) is 0 Å². The van der Waals surface area contributed by atoms with E-state index in [-0.39, 0.29) is 17.5 Å². The zero-order valence-corrected chi connectivity index (χ0v) is 26.2. The van der Waals surface area contributed by atoms with Crippen LogP contribution in [0.15, 0.2) is 54.7 Å². The van der Waals surface area contributed by atoms with Crippen LogP contribution < -0.4 is 5.73 Å². The zero-order valence-electron chi connectivity index (χ0n) is 26.2. The number of rotatable bonds is 8. The number of hydrogen-bond acceptors (Lipinski definition) is 6. The number of imidazole rings is 1. The number of hydrogen-bond donors (Lipinski definition) is 2. The summed E-state index contributed by atoms with van der Waals surface area (Å²) < 4.78 is 36.7. The van der Waals surface area contributed by atoms with Crippen LogP contribution in [0.4, 0.5) is 13.6 Å². The maximum absolute atomic E-state index is 14.9.